The third-order valence-corrected chi connectivity index (χ3v) is 5.81. The Morgan fingerprint density at radius 3 is 2.48 bits per heavy atom. The summed E-state index contributed by atoms with van der Waals surface area (Å²) in [5.74, 6) is 0. The fourth-order valence-corrected chi connectivity index (χ4v) is 5.13. The molecule has 0 aliphatic heterocycles. The van der Waals surface area contributed by atoms with E-state index in [2.05, 4.69) is 36.6 Å². The molecule has 8 heteroatoms. The van der Waals surface area contributed by atoms with Crippen LogP contribution in [-0.4, -0.2) is 8.42 Å². The predicted octanol–water partition coefficient (Wildman–Crippen LogP) is 4.56. The summed E-state index contributed by atoms with van der Waals surface area (Å²) in [5.41, 5.74) is 7.14. The molecule has 112 valence electrons. The van der Waals surface area contributed by atoms with Crippen molar-refractivity contribution in [3.8, 4) is 0 Å². The first kappa shape index (κ1) is 16.6. The van der Waals surface area contributed by atoms with Crippen LogP contribution in [0, 0.1) is 6.92 Å². The SMILES string of the molecule is Cc1ccc(Cl)cc1NS(=O)(=O)c1c(N)cc(Br)cc1Br. The zero-order valence-corrected chi connectivity index (χ0v) is 15.6. The molecule has 4 nitrogen and oxygen atoms in total. The topological polar surface area (TPSA) is 72.2 Å². The molecular formula is C13H11Br2ClN2O2S. The van der Waals surface area contributed by atoms with Crippen molar-refractivity contribution in [2.75, 3.05) is 10.5 Å². The van der Waals surface area contributed by atoms with Gasteiger partial charge < -0.3 is 5.73 Å². The molecular weight excluding hydrogens is 443 g/mol. The highest BCUT2D eigenvalue weighted by molar-refractivity contribution is 9.11. The van der Waals surface area contributed by atoms with Gasteiger partial charge >= 0.3 is 0 Å². The van der Waals surface area contributed by atoms with Gasteiger partial charge in [-0.1, -0.05) is 33.6 Å². The minimum absolute atomic E-state index is 0.00919. The average molecular weight is 455 g/mol. The fraction of sp³-hybridized carbons (Fsp3) is 0.0769. The van der Waals surface area contributed by atoms with Crippen LogP contribution in [0.15, 0.2) is 44.2 Å². The summed E-state index contributed by atoms with van der Waals surface area (Å²) in [7, 11) is -3.83. The molecule has 21 heavy (non-hydrogen) atoms. The second-order valence-electron chi connectivity index (χ2n) is 4.37. The number of benzene rings is 2. The number of halogens is 3. The first-order valence-corrected chi connectivity index (χ1v) is 9.19. The number of nitrogen functional groups attached to an aromatic ring is 1. The van der Waals surface area contributed by atoms with Crippen molar-refractivity contribution in [1.82, 2.24) is 0 Å². The monoisotopic (exact) mass is 452 g/mol. The van der Waals surface area contributed by atoms with Crippen molar-refractivity contribution in [1.29, 1.82) is 0 Å². The van der Waals surface area contributed by atoms with Crippen molar-refractivity contribution < 1.29 is 8.42 Å². The molecule has 0 saturated heterocycles. The third-order valence-electron chi connectivity index (χ3n) is 2.75. The highest BCUT2D eigenvalue weighted by atomic mass is 79.9. The Kier molecular flexibility index (Phi) is 4.87. The van der Waals surface area contributed by atoms with Gasteiger partial charge in [0.15, 0.2) is 0 Å². The van der Waals surface area contributed by atoms with Gasteiger partial charge in [0.05, 0.1) is 11.4 Å². The number of hydrogen-bond acceptors (Lipinski definition) is 3. The molecule has 0 bridgehead atoms. The van der Waals surface area contributed by atoms with E-state index in [1.165, 1.54) is 6.07 Å². The van der Waals surface area contributed by atoms with Gasteiger partial charge in [-0.05, 0) is 52.7 Å². The van der Waals surface area contributed by atoms with Crippen molar-refractivity contribution in [3.63, 3.8) is 0 Å². The Balaban J connectivity index is 2.51. The Morgan fingerprint density at radius 1 is 1.19 bits per heavy atom. The number of nitrogens with one attached hydrogen (secondary N) is 1. The van der Waals surface area contributed by atoms with E-state index in [9.17, 15) is 8.42 Å². The van der Waals surface area contributed by atoms with E-state index in [1.807, 2.05) is 0 Å². The molecule has 0 spiro atoms. The smallest absolute Gasteiger partial charge is 0.265 e. The predicted molar refractivity (Wildman–Crippen MR) is 93.3 cm³/mol. The van der Waals surface area contributed by atoms with Crippen LogP contribution in [0.4, 0.5) is 11.4 Å². The van der Waals surface area contributed by atoms with Crippen LogP contribution in [0.2, 0.25) is 5.02 Å². The summed E-state index contributed by atoms with van der Waals surface area (Å²) < 4.78 is 28.6. The van der Waals surface area contributed by atoms with E-state index in [1.54, 1.807) is 31.2 Å². The van der Waals surface area contributed by atoms with Crippen LogP contribution < -0.4 is 10.5 Å². The summed E-state index contributed by atoms with van der Waals surface area (Å²) in [4.78, 5) is -0.00919. The maximum absolute atomic E-state index is 12.5. The normalized spacial score (nSPS) is 11.4. The lowest BCUT2D eigenvalue weighted by molar-refractivity contribution is 0.601. The molecule has 0 saturated carbocycles. The van der Waals surface area contributed by atoms with Gasteiger partial charge in [0.2, 0.25) is 0 Å². The lowest BCUT2D eigenvalue weighted by Gasteiger charge is -2.14. The van der Waals surface area contributed by atoms with Gasteiger partial charge in [-0.25, -0.2) is 8.42 Å². The summed E-state index contributed by atoms with van der Waals surface area (Å²) in [5, 5.41) is 0.446. The van der Waals surface area contributed by atoms with Crippen LogP contribution in [-0.2, 0) is 10.0 Å². The molecule has 0 aliphatic carbocycles. The highest BCUT2D eigenvalue weighted by Crippen LogP contribution is 2.33. The standard InChI is InChI=1S/C13H11Br2ClN2O2S/c1-7-2-3-9(16)6-12(7)18-21(19,20)13-10(15)4-8(14)5-11(13)17/h2-6,18H,17H2,1H3. The molecule has 0 radical (unpaired) electrons. The molecule has 2 rings (SSSR count). The maximum Gasteiger partial charge on any atom is 0.265 e. The first-order valence-electron chi connectivity index (χ1n) is 5.74. The van der Waals surface area contributed by atoms with Crippen LogP contribution in [0.5, 0.6) is 0 Å². The lowest BCUT2D eigenvalue weighted by Crippen LogP contribution is -2.16. The summed E-state index contributed by atoms with van der Waals surface area (Å²) in [6.07, 6.45) is 0. The number of nitrogens with two attached hydrogens (primary N) is 1. The summed E-state index contributed by atoms with van der Waals surface area (Å²) >= 11 is 12.4. The van der Waals surface area contributed by atoms with E-state index >= 15 is 0 Å². The van der Waals surface area contributed by atoms with E-state index in [4.69, 9.17) is 17.3 Å². The minimum atomic E-state index is -3.83. The van der Waals surface area contributed by atoms with Crippen molar-refractivity contribution in [2.24, 2.45) is 0 Å². The highest BCUT2D eigenvalue weighted by Gasteiger charge is 2.22. The van der Waals surface area contributed by atoms with E-state index in [0.717, 1.165) is 5.56 Å². The number of sulfonamides is 1. The van der Waals surface area contributed by atoms with Gasteiger partial charge in [0.25, 0.3) is 10.0 Å². The number of hydrogen-bond donors (Lipinski definition) is 2. The van der Waals surface area contributed by atoms with Crippen molar-refractivity contribution in [3.05, 3.63) is 49.9 Å². The number of rotatable bonds is 3. The molecule has 0 amide bonds. The largest absolute Gasteiger partial charge is 0.398 e. The summed E-state index contributed by atoms with van der Waals surface area (Å²) in [6, 6.07) is 8.13. The Hall–Kier alpha value is -0.760. The molecule has 2 aromatic rings. The number of anilines is 2. The average Bonchev–Trinajstić information content (AvgIpc) is 2.31. The van der Waals surface area contributed by atoms with Gasteiger partial charge in [-0.15, -0.1) is 0 Å². The first-order chi connectivity index (χ1) is 9.70. The Labute approximate surface area is 145 Å². The zero-order chi connectivity index (χ0) is 15.8. The molecule has 0 atom stereocenters. The van der Waals surface area contributed by atoms with E-state index in [-0.39, 0.29) is 10.6 Å². The third kappa shape index (κ3) is 3.71. The molecule has 0 aliphatic rings. The molecule has 0 fully saturated rings. The maximum atomic E-state index is 12.5. The molecule has 0 aromatic heterocycles. The van der Waals surface area contributed by atoms with Gasteiger partial charge in [0, 0.05) is 14.0 Å². The Bertz CT molecular complexity index is 787. The minimum Gasteiger partial charge on any atom is -0.398 e. The van der Waals surface area contributed by atoms with E-state index in [0.29, 0.717) is 19.7 Å². The van der Waals surface area contributed by atoms with Crippen LogP contribution in [0.3, 0.4) is 0 Å². The van der Waals surface area contributed by atoms with Crippen molar-refractivity contribution >= 4 is 64.9 Å². The second-order valence-corrected chi connectivity index (χ2v) is 8.20. The second kappa shape index (κ2) is 6.16. The summed E-state index contributed by atoms with van der Waals surface area (Å²) in [6.45, 7) is 1.79. The zero-order valence-electron chi connectivity index (χ0n) is 10.8. The van der Waals surface area contributed by atoms with Gasteiger partial charge in [-0.3, -0.25) is 4.72 Å². The molecule has 0 heterocycles. The molecule has 2 aromatic carbocycles. The Morgan fingerprint density at radius 2 is 1.86 bits per heavy atom. The van der Waals surface area contributed by atoms with Gasteiger partial charge in [-0.2, -0.15) is 0 Å². The lowest BCUT2D eigenvalue weighted by atomic mass is 10.2. The van der Waals surface area contributed by atoms with Crippen LogP contribution in [0.1, 0.15) is 5.56 Å². The number of aryl methyl sites for hydroxylation is 1. The fourth-order valence-electron chi connectivity index (χ4n) is 1.76. The quantitative estimate of drug-likeness (QED) is 0.668. The van der Waals surface area contributed by atoms with Crippen molar-refractivity contribution in [2.45, 2.75) is 11.8 Å². The molecule has 3 N–H and O–H groups in total. The molecule has 0 unspecified atom stereocenters. The van der Waals surface area contributed by atoms with Crippen LogP contribution >= 0.6 is 43.5 Å². The van der Waals surface area contributed by atoms with Gasteiger partial charge in [0.1, 0.15) is 4.90 Å². The van der Waals surface area contributed by atoms with Crippen LogP contribution in [0.25, 0.3) is 0 Å². The van der Waals surface area contributed by atoms with E-state index < -0.39 is 10.0 Å².